The van der Waals surface area contributed by atoms with Gasteiger partial charge in [0, 0.05) is 20.1 Å². The summed E-state index contributed by atoms with van der Waals surface area (Å²) < 4.78 is 12.2. The molecule has 2 heterocycles. The molecule has 1 amide bonds. The molecule has 0 saturated carbocycles. The zero-order valence-electron chi connectivity index (χ0n) is 20.1. The molecule has 178 valence electrons. The molecule has 1 aromatic carbocycles. The predicted octanol–water partition coefficient (Wildman–Crippen LogP) is 4.28. The van der Waals surface area contributed by atoms with Gasteiger partial charge in [-0.15, -0.1) is 5.10 Å². The maximum absolute atomic E-state index is 12.3. The number of hydrogen-bond acceptors (Lipinski definition) is 6. The number of carbonyl (C=O) groups excluding carboxylic acids is 2. The monoisotopic (exact) mass is 455 g/mol. The lowest BCUT2D eigenvalue weighted by Gasteiger charge is -2.33. The van der Waals surface area contributed by atoms with Crippen LogP contribution < -0.4 is 5.01 Å². The molecule has 3 rings (SSSR count). The Morgan fingerprint density at radius 3 is 2.58 bits per heavy atom. The van der Waals surface area contributed by atoms with E-state index in [1.807, 2.05) is 33.9 Å². The highest BCUT2D eigenvalue weighted by Gasteiger charge is 2.28. The molecule has 1 aliphatic rings. The van der Waals surface area contributed by atoms with E-state index in [2.05, 4.69) is 22.2 Å². The first-order chi connectivity index (χ1) is 15.6. The van der Waals surface area contributed by atoms with Crippen LogP contribution in [0.2, 0.25) is 0 Å². The number of esters is 1. The van der Waals surface area contributed by atoms with Crippen LogP contribution in [0.1, 0.15) is 58.4 Å². The smallest absolute Gasteiger partial charge is 0.410 e. The van der Waals surface area contributed by atoms with Gasteiger partial charge in [-0.2, -0.15) is 11.5 Å². The van der Waals surface area contributed by atoms with E-state index in [1.54, 1.807) is 16.5 Å². The molecule has 0 unspecified atom stereocenters. The maximum atomic E-state index is 12.3. The molecule has 0 N–H and O–H groups in total. The summed E-state index contributed by atoms with van der Waals surface area (Å²) >= 11 is 0. The van der Waals surface area contributed by atoms with E-state index in [1.165, 1.54) is 10.6 Å². The lowest BCUT2D eigenvalue weighted by atomic mass is 9.89. The highest BCUT2D eigenvalue weighted by atomic mass is 16.6. The molecule has 0 aliphatic carbocycles. The van der Waals surface area contributed by atoms with Gasteiger partial charge in [0.05, 0.1) is 23.9 Å². The topological polar surface area (TPSA) is 81.3 Å². The molecule has 9 nitrogen and oxygen atoms in total. The third kappa shape index (κ3) is 5.95. The number of aromatic nitrogens is 2. The molecule has 1 saturated heterocycles. The second-order valence-corrected chi connectivity index (χ2v) is 9.24. The molecule has 0 atom stereocenters. The Hall–Kier alpha value is -3.28. The van der Waals surface area contributed by atoms with Gasteiger partial charge in [-0.25, -0.2) is 4.79 Å². The number of ether oxygens (including phenoxy) is 2. The van der Waals surface area contributed by atoms with Crippen molar-refractivity contribution in [2.24, 2.45) is 7.05 Å². The number of hydrogen-bond donors (Lipinski definition) is 0. The highest BCUT2D eigenvalue weighted by Crippen LogP contribution is 2.33. The van der Waals surface area contributed by atoms with Crippen LogP contribution in [-0.2, 0) is 21.3 Å². The van der Waals surface area contributed by atoms with Crippen molar-refractivity contribution in [1.82, 2.24) is 14.7 Å². The molecule has 1 aromatic heterocycles. The van der Waals surface area contributed by atoms with Crippen LogP contribution in [-0.4, -0.2) is 58.6 Å². The quantitative estimate of drug-likeness (QED) is 0.367. The van der Waals surface area contributed by atoms with Crippen LogP contribution in [0.25, 0.3) is 15.9 Å². The van der Waals surface area contributed by atoms with Crippen molar-refractivity contribution in [3.05, 3.63) is 35.3 Å². The Balaban J connectivity index is 1.71. The van der Waals surface area contributed by atoms with E-state index in [-0.39, 0.29) is 25.0 Å². The third-order valence-electron chi connectivity index (χ3n) is 5.67. The first-order valence-corrected chi connectivity index (χ1v) is 11.4. The molecule has 1 fully saturated rings. The lowest BCUT2D eigenvalue weighted by molar-refractivity contribution is -0.142. The van der Waals surface area contributed by atoms with Gasteiger partial charge in [-0.3, -0.25) is 9.48 Å². The van der Waals surface area contributed by atoms with Crippen molar-refractivity contribution in [1.29, 1.82) is 0 Å². The molecule has 2 aromatic rings. The van der Waals surface area contributed by atoms with Crippen molar-refractivity contribution >= 4 is 28.8 Å². The van der Waals surface area contributed by atoms with Gasteiger partial charge in [-0.05, 0) is 64.2 Å². The number of piperidine rings is 1. The zero-order valence-corrected chi connectivity index (χ0v) is 20.1. The van der Waals surface area contributed by atoms with Crippen LogP contribution in [0.4, 0.5) is 10.6 Å². The van der Waals surface area contributed by atoms with Crippen molar-refractivity contribution in [2.75, 3.05) is 31.3 Å². The first kappa shape index (κ1) is 24.4. The van der Waals surface area contributed by atoms with E-state index >= 15 is 0 Å². The number of likely N-dealkylation sites (tertiary alicyclic amines) is 1. The third-order valence-corrected chi connectivity index (χ3v) is 5.67. The Bertz CT molecular complexity index is 1040. The second kappa shape index (κ2) is 10.1. The number of rotatable bonds is 6. The van der Waals surface area contributed by atoms with Gasteiger partial charge >= 0.3 is 12.1 Å². The number of nitrogens with zero attached hydrogens (tertiary/aromatic N) is 5. The normalized spacial score (nSPS) is 14.7. The number of fused-ring (bicyclic) bond motifs is 1. The summed E-state index contributed by atoms with van der Waals surface area (Å²) in [7, 11) is 1.86. The summed E-state index contributed by atoms with van der Waals surface area (Å²) in [6.07, 6.45) is 1.60. The summed E-state index contributed by atoms with van der Waals surface area (Å²) in [5, 5.41) is 6.83. The summed E-state index contributed by atoms with van der Waals surface area (Å²) in [5.74, 6) is 0.553. The van der Waals surface area contributed by atoms with Crippen molar-refractivity contribution in [2.45, 2.75) is 58.5 Å². The van der Waals surface area contributed by atoms with E-state index in [9.17, 15) is 9.59 Å². The summed E-state index contributed by atoms with van der Waals surface area (Å²) in [6.45, 7) is 16.8. The van der Waals surface area contributed by atoms with E-state index < -0.39 is 5.60 Å². The molecule has 0 bridgehead atoms. The summed E-state index contributed by atoms with van der Waals surface area (Å²) in [6, 6.07) is 6.19. The summed E-state index contributed by atoms with van der Waals surface area (Å²) in [5.41, 5.74) is 1.63. The van der Waals surface area contributed by atoms with Crippen LogP contribution in [0.3, 0.4) is 0 Å². The minimum absolute atomic E-state index is 0.128. The van der Waals surface area contributed by atoms with Crippen molar-refractivity contribution in [3.8, 4) is 0 Å². The Morgan fingerprint density at radius 2 is 1.97 bits per heavy atom. The number of anilines is 1. The minimum atomic E-state index is -0.494. The SMILES string of the molecule is [C-]#[N+]N(CCC(=O)OCC)c1nn(C)c2cc(C3CCN(C(=O)OC(C)(C)C)CC3)ccc12. The fourth-order valence-corrected chi connectivity index (χ4v) is 4.06. The van der Waals surface area contributed by atoms with Crippen molar-refractivity contribution in [3.63, 3.8) is 0 Å². The average molecular weight is 456 g/mol. The fraction of sp³-hybridized carbons (Fsp3) is 0.583. The molecule has 1 aliphatic heterocycles. The van der Waals surface area contributed by atoms with Crippen molar-refractivity contribution < 1.29 is 19.1 Å². The number of amides is 1. The molecule has 33 heavy (non-hydrogen) atoms. The minimum Gasteiger partial charge on any atom is -0.466 e. The Morgan fingerprint density at radius 1 is 1.27 bits per heavy atom. The second-order valence-electron chi connectivity index (χ2n) is 9.24. The van der Waals surface area contributed by atoms with Crippen LogP contribution in [0, 0.1) is 6.57 Å². The van der Waals surface area contributed by atoms with Crippen LogP contribution in [0.15, 0.2) is 18.2 Å². The van der Waals surface area contributed by atoms with E-state index in [4.69, 9.17) is 16.0 Å². The molecular formula is C24H33N5O4. The average Bonchev–Trinajstić information content (AvgIpc) is 3.09. The van der Waals surface area contributed by atoms with Gasteiger partial charge in [0.1, 0.15) is 12.1 Å². The van der Waals surface area contributed by atoms with Crippen LogP contribution in [0.5, 0.6) is 0 Å². The number of carbonyl (C=O) groups is 2. The van der Waals surface area contributed by atoms with Crippen LogP contribution >= 0.6 is 0 Å². The molecule has 9 heteroatoms. The van der Waals surface area contributed by atoms with Gasteiger partial charge in [0.25, 0.3) is 0 Å². The Labute approximate surface area is 195 Å². The van der Waals surface area contributed by atoms with Gasteiger partial charge in [-0.1, -0.05) is 11.1 Å². The fourth-order valence-electron chi connectivity index (χ4n) is 4.06. The molecule has 0 radical (unpaired) electrons. The van der Waals surface area contributed by atoms with Gasteiger partial charge < -0.3 is 14.4 Å². The molecule has 0 spiro atoms. The molecular weight excluding hydrogens is 422 g/mol. The number of benzene rings is 1. The largest absolute Gasteiger partial charge is 0.466 e. The summed E-state index contributed by atoms with van der Waals surface area (Å²) in [4.78, 5) is 29.4. The predicted molar refractivity (Wildman–Crippen MR) is 126 cm³/mol. The lowest BCUT2D eigenvalue weighted by Crippen LogP contribution is -2.41. The number of aryl methyl sites for hydroxylation is 1. The standard InChI is InChI=1S/C24H33N5O4/c1-7-32-21(30)12-15-29(25-5)22-19-9-8-18(16-20(19)27(6)26-22)17-10-13-28(14-11-17)23(31)33-24(2,3)4/h8-9,16-17H,7,10-15H2,1-4,6H3. The van der Waals surface area contributed by atoms with E-state index in [0.29, 0.717) is 31.4 Å². The van der Waals surface area contributed by atoms with Gasteiger partial charge in [0.15, 0.2) is 0 Å². The first-order valence-electron chi connectivity index (χ1n) is 11.4. The maximum Gasteiger partial charge on any atom is 0.410 e. The highest BCUT2D eigenvalue weighted by molar-refractivity contribution is 5.91. The van der Waals surface area contributed by atoms with E-state index in [0.717, 1.165) is 23.7 Å². The Kier molecular flexibility index (Phi) is 7.46. The zero-order chi connectivity index (χ0) is 24.2. The van der Waals surface area contributed by atoms with Gasteiger partial charge in [0.2, 0.25) is 5.82 Å².